The zero-order chi connectivity index (χ0) is 12.2. The van der Waals surface area contributed by atoms with Gasteiger partial charge in [-0.15, -0.1) is 0 Å². The highest BCUT2D eigenvalue weighted by Crippen LogP contribution is 2.21. The van der Waals surface area contributed by atoms with E-state index in [9.17, 15) is 9.59 Å². The number of piperidine rings is 1. The molecule has 0 aliphatic carbocycles. The van der Waals surface area contributed by atoms with Crippen LogP contribution < -0.4 is 0 Å². The van der Waals surface area contributed by atoms with Crippen LogP contribution in [0, 0.1) is 5.92 Å². The minimum Gasteiger partial charge on any atom is -0.395 e. The summed E-state index contributed by atoms with van der Waals surface area (Å²) in [5.74, 6) is -0.601. The fraction of sp³-hybridized carbons (Fsp3) is 0.818. The van der Waals surface area contributed by atoms with Crippen LogP contribution in [0.25, 0.3) is 0 Å². The number of carbonyl (C=O) groups excluding carboxylic acids is 2. The van der Waals surface area contributed by atoms with E-state index in [1.54, 1.807) is 0 Å². The molecule has 0 aromatic carbocycles. The van der Waals surface area contributed by atoms with Crippen molar-refractivity contribution in [1.29, 1.82) is 0 Å². The molecule has 0 N–H and O–H groups in total. The predicted molar refractivity (Wildman–Crippen MR) is 57.3 cm³/mol. The van der Waals surface area contributed by atoms with Crippen molar-refractivity contribution in [3.05, 3.63) is 0 Å². The molecule has 0 saturated carbocycles. The van der Waals surface area contributed by atoms with Gasteiger partial charge in [-0.1, -0.05) is 0 Å². The lowest BCUT2D eigenvalue weighted by atomic mass is 9.98. The van der Waals surface area contributed by atoms with Crippen LogP contribution in [0.3, 0.4) is 0 Å². The molecule has 1 aliphatic heterocycles. The lowest BCUT2D eigenvalue weighted by Gasteiger charge is -2.34. The average Bonchev–Trinajstić information content (AvgIpc) is 2.16. The number of hydrogen-bond donors (Lipinski definition) is 0. The van der Waals surface area contributed by atoms with Crippen molar-refractivity contribution >= 4 is 12.4 Å². The van der Waals surface area contributed by atoms with Gasteiger partial charge in [-0.05, 0) is 33.6 Å². The van der Waals surface area contributed by atoms with Gasteiger partial charge in [-0.25, -0.2) is 0 Å². The summed E-state index contributed by atoms with van der Waals surface area (Å²) in [5.41, 5.74) is -0.212. The van der Waals surface area contributed by atoms with Crippen molar-refractivity contribution in [3.8, 4) is 0 Å². The molecule has 0 radical (unpaired) electrons. The molecule has 0 spiro atoms. The highest BCUT2D eigenvalue weighted by Gasteiger charge is 2.28. The van der Waals surface area contributed by atoms with Gasteiger partial charge in [0.1, 0.15) is 0 Å². The Balaban J connectivity index is 2.34. The molecule has 16 heavy (non-hydrogen) atoms. The van der Waals surface area contributed by atoms with Gasteiger partial charge < -0.3 is 4.74 Å². The minimum atomic E-state index is -0.426. The van der Waals surface area contributed by atoms with Gasteiger partial charge in [-0.3, -0.25) is 14.4 Å². The Morgan fingerprint density at radius 3 is 2.31 bits per heavy atom. The molecule has 1 heterocycles. The van der Waals surface area contributed by atoms with Crippen molar-refractivity contribution in [3.63, 3.8) is 0 Å². The third kappa shape index (κ3) is 4.28. The van der Waals surface area contributed by atoms with Crippen LogP contribution in [0.1, 0.15) is 33.6 Å². The van der Waals surface area contributed by atoms with Crippen LogP contribution in [0.4, 0.5) is 0 Å². The minimum absolute atomic E-state index is 0.176. The predicted octanol–water partition coefficient (Wildman–Crippen LogP) is 1.13. The summed E-state index contributed by atoms with van der Waals surface area (Å²) >= 11 is 0. The number of ether oxygens (including phenoxy) is 1. The van der Waals surface area contributed by atoms with Crippen molar-refractivity contribution in [1.82, 2.24) is 5.06 Å². The Labute approximate surface area is 95.6 Å². The van der Waals surface area contributed by atoms with Gasteiger partial charge in [0.05, 0.1) is 11.5 Å². The molecule has 1 saturated heterocycles. The van der Waals surface area contributed by atoms with Crippen LogP contribution in [-0.2, 0) is 19.2 Å². The second kappa shape index (κ2) is 5.41. The van der Waals surface area contributed by atoms with E-state index in [1.165, 1.54) is 0 Å². The summed E-state index contributed by atoms with van der Waals surface area (Å²) in [4.78, 5) is 27.0. The van der Waals surface area contributed by atoms with Crippen molar-refractivity contribution in [2.75, 3.05) is 13.1 Å². The lowest BCUT2D eigenvalue weighted by molar-refractivity contribution is -0.239. The average molecular weight is 229 g/mol. The highest BCUT2D eigenvalue weighted by atomic mass is 16.7. The quantitative estimate of drug-likeness (QED) is 0.412. The molecular formula is C11H19NO4. The van der Waals surface area contributed by atoms with Crippen molar-refractivity contribution < 1.29 is 19.2 Å². The van der Waals surface area contributed by atoms with E-state index in [0.717, 1.165) is 0 Å². The van der Waals surface area contributed by atoms with Gasteiger partial charge in [-0.2, -0.15) is 5.06 Å². The maximum Gasteiger partial charge on any atom is 0.316 e. The number of hydroxylamine groups is 2. The number of carbonyl (C=O) groups is 2. The number of rotatable bonds is 3. The Kier molecular flexibility index (Phi) is 4.44. The standard InChI is InChI=1S/C11H19NO4/c1-11(2,3)16-12-6-4-9(5-7-12)10(14)15-8-13/h8-9H,4-7H2,1-3H3. The normalized spacial score (nSPS) is 19.4. The molecule has 1 fully saturated rings. The van der Waals surface area contributed by atoms with E-state index in [0.29, 0.717) is 25.9 Å². The van der Waals surface area contributed by atoms with Crippen LogP contribution >= 0.6 is 0 Å². The first-order valence-corrected chi connectivity index (χ1v) is 5.50. The lowest BCUT2D eigenvalue weighted by Crippen LogP contribution is -2.41. The van der Waals surface area contributed by atoms with E-state index in [2.05, 4.69) is 4.74 Å². The molecule has 0 unspecified atom stereocenters. The molecule has 0 aromatic heterocycles. The SMILES string of the molecule is CC(C)(C)ON1CCC(C(=O)OC=O)CC1. The molecule has 0 bridgehead atoms. The number of hydrogen-bond acceptors (Lipinski definition) is 5. The van der Waals surface area contributed by atoms with Crippen LogP contribution in [0.5, 0.6) is 0 Å². The zero-order valence-electron chi connectivity index (χ0n) is 10.1. The number of nitrogens with zero attached hydrogens (tertiary/aromatic N) is 1. The summed E-state index contributed by atoms with van der Waals surface area (Å²) in [6.07, 6.45) is 1.34. The Hall–Kier alpha value is -0.940. The molecule has 92 valence electrons. The summed E-state index contributed by atoms with van der Waals surface area (Å²) in [7, 11) is 0. The topological polar surface area (TPSA) is 55.8 Å². The van der Waals surface area contributed by atoms with Crippen LogP contribution in [-0.4, -0.2) is 36.2 Å². The van der Waals surface area contributed by atoms with Gasteiger partial charge in [0, 0.05) is 13.1 Å². The largest absolute Gasteiger partial charge is 0.395 e. The van der Waals surface area contributed by atoms with Crippen molar-refractivity contribution in [2.24, 2.45) is 5.92 Å². The zero-order valence-corrected chi connectivity index (χ0v) is 10.1. The molecule has 5 heteroatoms. The third-order valence-corrected chi connectivity index (χ3v) is 2.35. The second-order valence-electron chi connectivity index (χ2n) is 4.94. The summed E-state index contributed by atoms with van der Waals surface area (Å²) in [5, 5.41) is 1.87. The Morgan fingerprint density at radius 2 is 1.88 bits per heavy atom. The van der Waals surface area contributed by atoms with Gasteiger partial charge in [0.15, 0.2) is 0 Å². The van der Waals surface area contributed by atoms with Gasteiger partial charge >= 0.3 is 12.4 Å². The first kappa shape index (κ1) is 13.1. The molecule has 0 atom stereocenters. The maximum atomic E-state index is 11.3. The Bertz CT molecular complexity index is 251. The van der Waals surface area contributed by atoms with Crippen LogP contribution in [0.15, 0.2) is 0 Å². The van der Waals surface area contributed by atoms with Gasteiger partial charge in [0.2, 0.25) is 0 Å². The summed E-state index contributed by atoms with van der Waals surface area (Å²) in [6, 6.07) is 0. The molecule has 0 amide bonds. The summed E-state index contributed by atoms with van der Waals surface area (Å²) < 4.78 is 4.34. The molecule has 0 aromatic rings. The fourth-order valence-corrected chi connectivity index (χ4v) is 1.71. The van der Waals surface area contributed by atoms with E-state index < -0.39 is 5.97 Å². The summed E-state index contributed by atoms with van der Waals surface area (Å²) in [6.45, 7) is 7.53. The molecule has 5 nitrogen and oxygen atoms in total. The highest BCUT2D eigenvalue weighted by molar-refractivity contribution is 5.78. The van der Waals surface area contributed by atoms with E-state index >= 15 is 0 Å². The second-order valence-corrected chi connectivity index (χ2v) is 4.94. The Morgan fingerprint density at radius 1 is 1.31 bits per heavy atom. The molecule has 1 aliphatic rings. The number of esters is 1. The van der Waals surface area contributed by atoms with Gasteiger partial charge in [0.25, 0.3) is 0 Å². The van der Waals surface area contributed by atoms with Crippen LogP contribution in [0.2, 0.25) is 0 Å². The maximum absolute atomic E-state index is 11.3. The first-order chi connectivity index (χ1) is 7.42. The molecule has 1 rings (SSSR count). The van der Waals surface area contributed by atoms with Crippen molar-refractivity contribution in [2.45, 2.75) is 39.2 Å². The van der Waals surface area contributed by atoms with E-state index in [4.69, 9.17) is 4.84 Å². The smallest absolute Gasteiger partial charge is 0.316 e. The monoisotopic (exact) mass is 229 g/mol. The molecular weight excluding hydrogens is 210 g/mol. The fourth-order valence-electron chi connectivity index (χ4n) is 1.71. The third-order valence-electron chi connectivity index (χ3n) is 2.35. The first-order valence-electron chi connectivity index (χ1n) is 5.50. The van der Waals surface area contributed by atoms with E-state index in [1.807, 2.05) is 25.8 Å². The van der Waals surface area contributed by atoms with E-state index in [-0.39, 0.29) is 18.0 Å².